The molecule has 3 nitrogen and oxygen atoms in total. The van der Waals surface area contributed by atoms with Gasteiger partial charge in [0.15, 0.2) is 0 Å². The molecule has 1 saturated heterocycles. The molecule has 1 aromatic carbocycles. The van der Waals surface area contributed by atoms with Gasteiger partial charge in [-0.15, -0.1) is 12.4 Å². The van der Waals surface area contributed by atoms with E-state index in [2.05, 4.69) is 6.92 Å². The summed E-state index contributed by atoms with van der Waals surface area (Å²) >= 11 is 0. The molecule has 18 heavy (non-hydrogen) atoms. The number of benzene rings is 1. The Kier molecular flexibility index (Phi) is 5.63. The molecule has 4 heteroatoms. The SMILES string of the molecule is CCc1ccc(C(=O)N2CCC(CN)C2)cc1.Cl. The zero-order valence-corrected chi connectivity index (χ0v) is 11.6. The number of nitrogens with zero attached hydrogens (tertiary/aromatic N) is 1. The lowest BCUT2D eigenvalue weighted by Gasteiger charge is -2.16. The summed E-state index contributed by atoms with van der Waals surface area (Å²) in [6, 6.07) is 7.92. The smallest absolute Gasteiger partial charge is 0.253 e. The molecule has 1 amide bonds. The van der Waals surface area contributed by atoms with Crippen LogP contribution in [-0.4, -0.2) is 30.4 Å². The summed E-state index contributed by atoms with van der Waals surface area (Å²) in [4.78, 5) is 14.1. The molecule has 0 bridgehead atoms. The van der Waals surface area contributed by atoms with E-state index in [0.717, 1.165) is 31.5 Å². The van der Waals surface area contributed by atoms with Gasteiger partial charge in [-0.05, 0) is 43.0 Å². The van der Waals surface area contributed by atoms with Gasteiger partial charge in [0.1, 0.15) is 0 Å². The van der Waals surface area contributed by atoms with Gasteiger partial charge >= 0.3 is 0 Å². The first-order valence-electron chi connectivity index (χ1n) is 6.33. The van der Waals surface area contributed by atoms with Crippen molar-refractivity contribution in [1.82, 2.24) is 4.90 Å². The fourth-order valence-electron chi connectivity index (χ4n) is 2.28. The van der Waals surface area contributed by atoms with Crippen LogP contribution in [0.5, 0.6) is 0 Å². The Balaban J connectivity index is 0.00000162. The topological polar surface area (TPSA) is 46.3 Å². The molecule has 0 saturated carbocycles. The van der Waals surface area contributed by atoms with Crippen LogP contribution in [0.3, 0.4) is 0 Å². The summed E-state index contributed by atoms with van der Waals surface area (Å²) in [7, 11) is 0. The lowest BCUT2D eigenvalue weighted by atomic mass is 10.1. The summed E-state index contributed by atoms with van der Waals surface area (Å²) < 4.78 is 0. The van der Waals surface area contributed by atoms with Crippen LogP contribution in [0.25, 0.3) is 0 Å². The van der Waals surface area contributed by atoms with Crippen molar-refractivity contribution < 1.29 is 4.79 Å². The van der Waals surface area contributed by atoms with Crippen LogP contribution >= 0.6 is 12.4 Å². The van der Waals surface area contributed by atoms with E-state index < -0.39 is 0 Å². The largest absolute Gasteiger partial charge is 0.338 e. The summed E-state index contributed by atoms with van der Waals surface area (Å²) in [5, 5.41) is 0. The van der Waals surface area contributed by atoms with Crippen molar-refractivity contribution >= 4 is 18.3 Å². The van der Waals surface area contributed by atoms with E-state index in [4.69, 9.17) is 5.73 Å². The molecule has 0 aliphatic carbocycles. The van der Waals surface area contributed by atoms with Crippen molar-refractivity contribution in [1.29, 1.82) is 0 Å². The summed E-state index contributed by atoms with van der Waals surface area (Å²) in [6.45, 7) is 4.45. The van der Waals surface area contributed by atoms with E-state index in [-0.39, 0.29) is 18.3 Å². The van der Waals surface area contributed by atoms with E-state index in [0.29, 0.717) is 12.5 Å². The van der Waals surface area contributed by atoms with Crippen molar-refractivity contribution in [3.63, 3.8) is 0 Å². The van der Waals surface area contributed by atoms with Crippen LogP contribution in [0.15, 0.2) is 24.3 Å². The second kappa shape index (κ2) is 6.76. The number of aryl methyl sites for hydroxylation is 1. The minimum absolute atomic E-state index is 0. The Labute approximate surface area is 115 Å². The quantitative estimate of drug-likeness (QED) is 0.913. The van der Waals surface area contributed by atoms with Crippen LogP contribution in [0.1, 0.15) is 29.3 Å². The number of nitrogens with two attached hydrogens (primary N) is 1. The number of rotatable bonds is 3. The molecular weight excluding hydrogens is 248 g/mol. The average Bonchev–Trinajstić information content (AvgIpc) is 2.87. The van der Waals surface area contributed by atoms with Gasteiger partial charge in [-0.25, -0.2) is 0 Å². The molecule has 2 rings (SSSR count). The molecule has 100 valence electrons. The number of amides is 1. The highest BCUT2D eigenvalue weighted by atomic mass is 35.5. The molecule has 1 unspecified atom stereocenters. The first-order chi connectivity index (χ1) is 8.24. The minimum Gasteiger partial charge on any atom is -0.338 e. The van der Waals surface area contributed by atoms with Crippen LogP contribution in [-0.2, 0) is 6.42 Å². The molecule has 1 aliphatic rings. The van der Waals surface area contributed by atoms with E-state index in [9.17, 15) is 4.79 Å². The number of carbonyl (C=O) groups excluding carboxylic acids is 1. The Morgan fingerprint density at radius 3 is 2.56 bits per heavy atom. The molecule has 1 aliphatic heterocycles. The first kappa shape index (κ1) is 15.0. The summed E-state index contributed by atoms with van der Waals surface area (Å²) in [6.07, 6.45) is 2.04. The number of halogens is 1. The Morgan fingerprint density at radius 1 is 1.39 bits per heavy atom. The number of hydrogen-bond donors (Lipinski definition) is 1. The van der Waals surface area contributed by atoms with Crippen molar-refractivity contribution in [2.75, 3.05) is 19.6 Å². The molecule has 1 aromatic rings. The Bertz CT molecular complexity index is 391. The van der Waals surface area contributed by atoms with Gasteiger partial charge in [0.05, 0.1) is 0 Å². The molecule has 1 atom stereocenters. The second-order valence-electron chi connectivity index (χ2n) is 4.69. The highest BCUT2D eigenvalue weighted by Crippen LogP contribution is 2.18. The van der Waals surface area contributed by atoms with Crippen molar-refractivity contribution in [2.45, 2.75) is 19.8 Å². The van der Waals surface area contributed by atoms with Crippen molar-refractivity contribution in [3.8, 4) is 0 Å². The zero-order valence-electron chi connectivity index (χ0n) is 10.8. The molecule has 1 heterocycles. The highest BCUT2D eigenvalue weighted by Gasteiger charge is 2.25. The van der Waals surface area contributed by atoms with Crippen LogP contribution < -0.4 is 5.73 Å². The molecule has 0 spiro atoms. The van der Waals surface area contributed by atoms with Gasteiger partial charge in [-0.3, -0.25) is 4.79 Å². The van der Waals surface area contributed by atoms with Crippen molar-refractivity contribution in [2.24, 2.45) is 11.7 Å². The third-order valence-electron chi connectivity index (χ3n) is 3.52. The van der Waals surface area contributed by atoms with Gasteiger partial charge in [0, 0.05) is 18.7 Å². The highest BCUT2D eigenvalue weighted by molar-refractivity contribution is 5.94. The number of likely N-dealkylation sites (tertiary alicyclic amines) is 1. The van der Waals surface area contributed by atoms with Gasteiger partial charge in [0.2, 0.25) is 0 Å². The molecular formula is C14H21ClN2O. The molecule has 0 aromatic heterocycles. The molecule has 1 fully saturated rings. The number of hydrogen-bond acceptors (Lipinski definition) is 2. The van der Waals surface area contributed by atoms with Crippen LogP contribution in [0.4, 0.5) is 0 Å². The second-order valence-corrected chi connectivity index (χ2v) is 4.69. The standard InChI is InChI=1S/C14H20N2O.ClH/c1-2-11-3-5-13(6-4-11)14(17)16-8-7-12(9-15)10-16;/h3-6,12H,2,7-10,15H2,1H3;1H. The first-order valence-corrected chi connectivity index (χ1v) is 6.33. The van der Waals surface area contributed by atoms with Crippen LogP contribution in [0, 0.1) is 5.92 Å². The lowest BCUT2D eigenvalue weighted by molar-refractivity contribution is 0.0787. The fraction of sp³-hybridized carbons (Fsp3) is 0.500. The van der Waals surface area contributed by atoms with E-state index in [1.165, 1.54) is 5.56 Å². The summed E-state index contributed by atoms with van der Waals surface area (Å²) in [5.74, 6) is 0.623. The minimum atomic E-state index is 0. The average molecular weight is 269 g/mol. The maximum atomic E-state index is 12.2. The third-order valence-corrected chi connectivity index (χ3v) is 3.52. The normalized spacial score (nSPS) is 18.6. The van der Waals surface area contributed by atoms with Crippen LogP contribution in [0.2, 0.25) is 0 Å². The van der Waals surface area contributed by atoms with E-state index in [1.807, 2.05) is 29.2 Å². The third kappa shape index (κ3) is 3.24. The Hall–Kier alpha value is -1.06. The molecule has 0 radical (unpaired) electrons. The van der Waals surface area contributed by atoms with Gasteiger partial charge in [0.25, 0.3) is 5.91 Å². The van der Waals surface area contributed by atoms with E-state index in [1.54, 1.807) is 0 Å². The predicted molar refractivity (Wildman–Crippen MR) is 76.1 cm³/mol. The zero-order chi connectivity index (χ0) is 12.3. The maximum Gasteiger partial charge on any atom is 0.253 e. The fourth-order valence-corrected chi connectivity index (χ4v) is 2.28. The van der Waals surface area contributed by atoms with Gasteiger partial charge in [-0.2, -0.15) is 0 Å². The number of carbonyl (C=O) groups is 1. The van der Waals surface area contributed by atoms with Crippen molar-refractivity contribution in [3.05, 3.63) is 35.4 Å². The summed E-state index contributed by atoms with van der Waals surface area (Å²) in [5.41, 5.74) is 7.69. The van der Waals surface area contributed by atoms with Gasteiger partial charge < -0.3 is 10.6 Å². The van der Waals surface area contributed by atoms with Gasteiger partial charge in [-0.1, -0.05) is 19.1 Å². The maximum absolute atomic E-state index is 12.2. The Morgan fingerprint density at radius 2 is 2.06 bits per heavy atom. The predicted octanol–water partition coefficient (Wildman–Crippen LogP) is 2.09. The molecule has 2 N–H and O–H groups in total. The van der Waals surface area contributed by atoms with E-state index >= 15 is 0 Å². The monoisotopic (exact) mass is 268 g/mol. The lowest BCUT2D eigenvalue weighted by Crippen LogP contribution is -2.29.